The number of nitrogens with zero attached hydrogens (tertiary/aromatic N) is 2. The number of halogens is 1. The molecule has 0 unspecified atom stereocenters. The molecule has 0 radical (unpaired) electrons. The number of hydrogen-bond acceptors (Lipinski definition) is 2. The molecule has 0 amide bonds. The number of piperidine rings is 1. The zero-order chi connectivity index (χ0) is 14.7. The van der Waals surface area contributed by atoms with Crippen LogP contribution in [0.3, 0.4) is 0 Å². The van der Waals surface area contributed by atoms with Crippen LogP contribution >= 0.6 is 15.9 Å². The smallest absolute Gasteiger partial charge is 0.128 e. The summed E-state index contributed by atoms with van der Waals surface area (Å²) in [6.07, 6.45) is 3.72. The Morgan fingerprint density at radius 2 is 1.81 bits per heavy atom. The Hall–Kier alpha value is -1.35. The number of benzene rings is 1. The summed E-state index contributed by atoms with van der Waals surface area (Å²) in [5, 5.41) is 0. The van der Waals surface area contributed by atoms with Crippen LogP contribution in [0.15, 0.2) is 46.9 Å². The second-order valence-corrected chi connectivity index (χ2v) is 6.71. The zero-order valence-corrected chi connectivity index (χ0v) is 14.0. The van der Waals surface area contributed by atoms with Gasteiger partial charge in [-0.25, -0.2) is 4.98 Å². The lowest BCUT2D eigenvalue weighted by atomic mass is 9.90. The molecule has 2 nitrogen and oxygen atoms in total. The number of pyridine rings is 1. The van der Waals surface area contributed by atoms with E-state index < -0.39 is 0 Å². The van der Waals surface area contributed by atoms with E-state index in [1.807, 2.05) is 0 Å². The molecule has 21 heavy (non-hydrogen) atoms. The van der Waals surface area contributed by atoms with Gasteiger partial charge in [0.2, 0.25) is 0 Å². The first-order chi connectivity index (χ1) is 10.2. The normalized spacial score (nSPS) is 16.2. The first kappa shape index (κ1) is 14.6. The van der Waals surface area contributed by atoms with Crippen molar-refractivity contribution in [3.63, 3.8) is 0 Å². The third-order valence-corrected chi connectivity index (χ3v) is 5.15. The Balaban J connectivity index is 1.58. The minimum absolute atomic E-state index is 0.806. The van der Waals surface area contributed by atoms with Crippen LogP contribution in [0, 0.1) is 12.8 Å². The van der Waals surface area contributed by atoms with Crippen LogP contribution in [0.25, 0.3) is 0 Å². The minimum Gasteiger partial charge on any atom is -0.357 e. The molecule has 0 saturated carbocycles. The summed E-state index contributed by atoms with van der Waals surface area (Å²) in [5.74, 6) is 1.93. The van der Waals surface area contributed by atoms with Gasteiger partial charge in [-0.2, -0.15) is 0 Å². The summed E-state index contributed by atoms with van der Waals surface area (Å²) in [7, 11) is 0. The molecule has 1 saturated heterocycles. The van der Waals surface area contributed by atoms with E-state index in [2.05, 4.69) is 75.2 Å². The fourth-order valence-electron chi connectivity index (χ4n) is 3.02. The minimum atomic E-state index is 0.806. The highest BCUT2D eigenvalue weighted by Crippen LogP contribution is 2.26. The number of aromatic nitrogens is 1. The van der Waals surface area contributed by atoms with Crippen molar-refractivity contribution in [2.45, 2.75) is 26.2 Å². The fourth-order valence-corrected chi connectivity index (χ4v) is 3.24. The summed E-state index contributed by atoms with van der Waals surface area (Å²) in [5.41, 5.74) is 2.53. The predicted molar refractivity (Wildman–Crippen MR) is 91.8 cm³/mol. The van der Waals surface area contributed by atoms with Gasteiger partial charge in [-0.1, -0.05) is 30.3 Å². The average Bonchev–Trinajstić information content (AvgIpc) is 2.52. The second-order valence-electron chi connectivity index (χ2n) is 5.86. The van der Waals surface area contributed by atoms with Gasteiger partial charge < -0.3 is 4.90 Å². The molecule has 2 heterocycles. The van der Waals surface area contributed by atoms with E-state index in [0.29, 0.717) is 0 Å². The van der Waals surface area contributed by atoms with Gasteiger partial charge in [0, 0.05) is 17.6 Å². The largest absolute Gasteiger partial charge is 0.357 e. The molecular weight excluding hydrogens is 324 g/mol. The molecule has 3 heteroatoms. The van der Waals surface area contributed by atoms with E-state index in [9.17, 15) is 0 Å². The maximum Gasteiger partial charge on any atom is 0.128 e. The van der Waals surface area contributed by atoms with Crippen molar-refractivity contribution in [3.8, 4) is 0 Å². The van der Waals surface area contributed by atoms with E-state index in [4.69, 9.17) is 0 Å². The highest BCUT2D eigenvalue weighted by Gasteiger charge is 2.20. The molecule has 0 N–H and O–H groups in total. The maximum absolute atomic E-state index is 4.68. The Kier molecular flexibility index (Phi) is 4.59. The van der Waals surface area contributed by atoms with Crippen molar-refractivity contribution in [2.75, 3.05) is 18.0 Å². The molecule has 0 spiro atoms. The highest BCUT2D eigenvalue weighted by molar-refractivity contribution is 9.10. The van der Waals surface area contributed by atoms with E-state index in [-0.39, 0.29) is 0 Å². The van der Waals surface area contributed by atoms with Gasteiger partial charge in [0.1, 0.15) is 5.82 Å². The van der Waals surface area contributed by atoms with E-state index in [1.165, 1.54) is 24.8 Å². The summed E-state index contributed by atoms with van der Waals surface area (Å²) in [6.45, 7) is 4.28. The van der Waals surface area contributed by atoms with E-state index >= 15 is 0 Å². The van der Waals surface area contributed by atoms with Gasteiger partial charge >= 0.3 is 0 Å². The Morgan fingerprint density at radius 3 is 2.48 bits per heavy atom. The van der Waals surface area contributed by atoms with Crippen LogP contribution in [-0.4, -0.2) is 18.1 Å². The van der Waals surface area contributed by atoms with Crippen molar-refractivity contribution in [1.82, 2.24) is 4.98 Å². The molecular formula is C18H21BrN2. The van der Waals surface area contributed by atoms with Gasteiger partial charge in [0.15, 0.2) is 0 Å². The third-order valence-electron chi connectivity index (χ3n) is 4.31. The quantitative estimate of drug-likeness (QED) is 0.807. The van der Waals surface area contributed by atoms with E-state index in [1.54, 1.807) is 0 Å². The summed E-state index contributed by atoms with van der Waals surface area (Å²) < 4.78 is 1.09. The van der Waals surface area contributed by atoms with Crippen molar-refractivity contribution >= 4 is 21.7 Å². The number of aryl methyl sites for hydroxylation is 1. The fraction of sp³-hybridized carbons (Fsp3) is 0.389. The van der Waals surface area contributed by atoms with Crippen LogP contribution in [-0.2, 0) is 6.42 Å². The molecule has 3 rings (SSSR count). The lowest BCUT2D eigenvalue weighted by Crippen LogP contribution is -2.34. The van der Waals surface area contributed by atoms with Crippen LogP contribution in [0.2, 0.25) is 0 Å². The summed E-state index contributed by atoms with van der Waals surface area (Å²) >= 11 is 3.52. The maximum atomic E-state index is 4.68. The Labute approximate surface area is 135 Å². The first-order valence-electron chi connectivity index (χ1n) is 7.64. The summed E-state index contributed by atoms with van der Waals surface area (Å²) in [6, 6.07) is 15.1. The van der Waals surface area contributed by atoms with Gasteiger partial charge in [-0.05, 0) is 65.7 Å². The monoisotopic (exact) mass is 344 g/mol. The SMILES string of the molecule is Cc1nc(N2CCC(Cc3ccccc3)CC2)ccc1Br. The van der Waals surface area contributed by atoms with Crippen LogP contribution in [0.4, 0.5) is 5.82 Å². The van der Waals surface area contributed by atoms with Crippen molar-refractivity contribution in [1.29, 1.82) is 0 Å². The van der Waals surface area contributed by atoms with Gasteiger partial charge in [0.05, 0.1) is 5.69 Å². The van der Waals surface area contributed by atoms with Gasteiger partial charge in [-0.15, -0.1) is 0 Å². The van der Waals surface area contributed by atoms with Gasteiger partial charge in [-0.3, -0.25) is 0 Å². The molecule has 1 aromatic carbocycles. The van der Waals surface area contributed by atoms with Gasteiger partial charge in [0.25, 0.3) is 0 Å². The zero-order valence-electron chi connectivity index (χ0n) is 12.4. The molecule has 0 aliphatic carbocycles. The topological polar surface area (TPSA) is 16.1 Å². The third kappa shape index (κ3) is 3.65. The average molecular weight is 345 g/mol. The Morgan fingerprint density at radius 1 is 1.10 bits per heavy atom. The predicted octanol–water partition coefficient (Wildman–Crippen LogP) is 4.61. The molecule has 1 fully saturated rings. The number of rotatable bonds is 3. The molecule has 0 bridgehead atoms. The standard InChI is InChI=1S/C18H21BrN2/c1-14-17(19)7-8-18(20-14)21-11-9-16(10-12-21)13-15-5-3-2-4-6-15/h2-8,16H,9-13H2,1H3. The molecule has 1 aliphatic heterocycles. The van der Waals surface area contributed by atoms with Crippen molar-refractivity contribution < 1.29 is 0 Å². The van der Waals surface area contributed by atoms with E-state index in [0.717, 1.165) is 35.0 Å². The van der Waals surface area contributed by atoms with Crippen molar-refractivity contribution in [3.05, 3.63) is 58.2 Å². The number of hydrogen-bond donors (Lipinski definition) is 0. The number of anilines is 1. The molecule has 1 aromatic heterocycles. The van der Waals surface area contributed by atoms with Crippen LogP contribution < -0.4 is 4.90 Å². The van der Waals surface area contributed by atoms with Crippen LogP contribution in [0.5, 0.6) is 0 Å². The highest BCUT2D eigenvalue weighted by atomic mass is 79.9. The molecule has 2 aromatic rings. The first-order valence-corrected chi connectivity index (χ1v) is 8.43. The molecule has 110 valence electrons. The lowest BCUT2D eigenvalue weighted by Gasteiger charge is -2.33. The lowest BCUT2D eigenvalue weighted by molar-refractivity contribution is 0.402. The molecule has 1 aliphatic rings. The summed E-state index contributed by atoms with van der Waals surface area (Å²) in [4.78, 5) is 7.10. The molecule has 0 atom stereocenters. The van der Waals surface area contributed by atoms with Crippen LogP contribution in [0.1, 0.15) is 24.1 Å². The van der Waals surface area contributed by atoms with Crippen molar-refractivity contribution in [2.24, 2.45) is 5.92 Å². The Bertz CT molecular complexity index is 589. The second kappa shape index (κ2) is 6.61.